The second-order valence-corrected chi connectivity index (χ2v) is 8.05. The molecule has 1 N–H and O–H groups in total. The van der Waals surface area contributed by atoms with Crippen LogP contribution in [-0.4, -0.2) is 33.5 Å². The molecule has 0 spiro atoms. The zero-order valence-electron chi connectivity index (χ0n) is 16.0. The topological polar surface area (TPSA) is 86.2 Å². The third kappa shape index (κ3) is 4.88. The molecule has 0 radical (unpaired) electrons. The number of ether oxygens (including phenoxy) is 2. The van der Waals surface area contributed by atoms with Crippen molar-refractivity contribution in [1.29, 1.82) is 0 Å². The van der Waals surface area contributed by atoms with Gasteiger partial charge in [0.15, 0.2) is 0 Å². The largest absolute Gasteiger partial charge is 0.474 e. The van der Waals surface area contributed by atoms with E-state index in [1.54, 1.807) is 17.4 Å². The van der Waals surface area contributed by atoms with Gasteiger partial charge in [0.2, 0.25) is 17.7 Å². The molecule has 3 aromatic rings. The third-order valence-corrected chi connectivity index (χ3v) is 5.60. The van der Waals surface area contributed by atoms with Crippen LogP contribution < -0.4 is 14.8 Å². The molecule has 0 aliphatic rings. The zero-order valence-corrected chi connectivity index (χ0v) is 17.6. The minimum absolute atomic E-state index is 0.110. The molecule has 7 nitrogen and oxygen atoms in total. The van der Waals surface area contributed by atoms with Gasteiger partial charge >= 0.3 is 0 Å². The number of carbonyl (C=O) groups is 1. The highest BCUT2D eigenvalue weighted by molar-refractivity contribution is 7.19. The van der Waals surface area contributed by atoms with E-state index >= 15 is 0 Å². The highest BCUT2D eigenvalue weighted by atomic mass is 35.5. The van der Waals surface area contributed by atoms with Crippen molar-refractivity contribution < 1.29 is 14.3 Å². The summed E-state index contributed by atoms with van der Waals surface area (Å²) in [6.07, 6.45) is 2.93. The molecule has 0 bridgehead atoms. The van der Waals surface area contributed by atoms with Gasteiger partial charge < -0.3 is 14.8 Å². The standard InChI is InChI=1S/C19H21ClN4O3S/c1-10(2)19-24-13-5-6-14(17(20)18(13)28-19)27-16-8-21-15(7-22-16)26-9-11(3)23-12(4)25/h5-8,10-11H,9H2,1-4H3,(H,23,25). The minimum atomic E-state index is -0.129. The molecule has 28 heavy (non-hydrogen) atoms. The smallest absolute Gasteiger partial charge is 0.238 e. The maximum Gasteiger partial charge on any atom is 0.238 e. The molecule has 0 saturated carbocycles. The van der Waals surface area contributed by atoms with Gasteiger partial charge in [0.05, 0.1) is 33.7 Å². The maximum atomic E-state index is 11.0. The molecule has 0 saturated heterocycles. The van der Waals surface area contributed by atoms with E-state index in [0.29, 0.717) is 35.1 Å². The molecule has 1 unspecified atom stereocenters. The Bertz CT molecular complexity index is 975. The summed E-state index contributed by atoms with van der Waals surface area (Å²) >= 11 is 8.07. The molecule has 1 amide bonds. The Morgan fingerprint density at radius 1 is 1.21 bits per heavy atom. The van der Waals surface area contributed by atoms with E-state index in [4.69, 9.17) is 21.1 Å². The van der Waals surface area contributed by atoms with Crippen molar-refractivity contribution in [3.8, 4) is 17.5 Å². The zero-order chi connectivity index (χ0) is 20.3. The normalized spacial score (nSPS) is 12.2. The summed E-state index contributed by atoms with van der Waals surface area (Å²) in [5.74, 6) is 1.37. The fourth-order valence-corrected chi connectivity index (χ4v) is 3.74. The summed E-state index contributed by atoms with van der Waals surface area (Å²) in [7, 11) is 0. The summed E-state index contributed by atoms with van der Waals surface area (Å²) in [5.41, 5.74) is 0.856. The Balaban J connectivity index is 1.68. The molecule has 3 rings (SSSR count). The molecule has 2 aromatic heterocycles. The van der Waals surface area contributed by atoms with Gasteiger partial charge in [0.1, 0.15) is 17.4 Å². The molecule has 0 fully saturated rings. The van der Waals surface area contributed by atoms with Gasteiger partial charge in [-0.25, -0.2) is 15.0 Å². The molecule has 9 heteroatoms. The van der Waals surface area contributed by atoms with E-state index < -0.39 is 0 Å². The molecule has 2 heterocycles. The number of hydrogen-bond donors (Lipinski definition) is 1. The van der Waals surface area contributed by atoms with Crippen molar-refractivity contribution in [1.82, 2.24) is 20.3 Å². The number of carbonyl (C=O) groups excluding carboxylic acids is 1. The van der Waals surface area contributed by atoms with Gasteiger partial charge in [-0.2, -0.15) is 0 Å². The predicted octanol–water partition coefficient (Wildman–Crippen LogP) is 4.56. The van der Waals surface area contributed by atoms with Gasteiger partial charge in [0, 0.05) is 12.8 Å². The fraction of sp³-hybridized carbons (Fsp3) is 0.368. The number of fused-ring (bicyclic) bond motifs is 1. The van der Waals surface area contributed by atoms with Gasteiger partial charge in [0.25, 0.3) is 0 Å². The average Bonchev–Trinajstić information content (AvgIpc) is 3.08. The lowest BCUT2D eigenvalue weighted by Crippen LogP contribution is -2.35. The summed E-state index contributed by atoms with van der Waals surface area (Å²) in [6.45, 7) is 7.79. The van der Waals surface area contributed by atoms with Crippen LogP contribution in [0.15, 0.2) is 24.5 Å². The number of halogens is 1. The van der Waals surface area contributed by atoms with Crippen molar-refractivity contribution in [3.63, 3.8) is 0 Å². The maximum absolute atomic E-state index is 11.0. The first-order chi connectivity index (χ1) is 13.3. The van der Waals surface area contributed by atoms with Crippen LogP contribution in [0.2, 0.25) is 5.02 Å². The van der Waals surface area contributed by atoms with Crippen molar-refractivity contribution >= 4 is 39.1 Å². The van der Waals surface area contributed by atoms with E-state index in [1.807, 2.05) is 13.0 Å². The Morgan fingerprint density at radius 3 is 2.57 bits per heavy atom. The molecule has 1 atom stereocenters. The van der Waals surface area contributed by atoms with Gasteiger partial charge in [-0.1, -0.05) is 25.4 Å². The van der Waals surface area contributed by atoms with Gasteiger partial charge in [-0.3, -0.25) is 4.79 Å². The van der Waals surface area contributed by atoms with Crippen molar-refractivity contribution in [2.45, 2.75) is 39.7 Å². The van der Waals surface area contributed by atoms with Crippen LogP contribution in [0.4, 0.5) is 0 Å². The summed E-state index contributed by atoms with van der Waals surface area (Å²) < 4.78 is 12.2. The number of amides is 1. The second-order valence-electron chi connectivity index (χ2n) is 6.64. The van der Waals surface area contributed by atoms with Crippen molar-refractivity contribution in [2.75, 3.05) is 6.61 Å². The highest BCUT2D eigenvalue weighted by Crippen LogP contribution is 2.39. The number of hydrogen-bond acceptors (Lipinski definition) is 7. The minimum Gasteiger partial charge on any atom is -0.474 e. The highest BCUT2D eigenvalue weighted by Gasteiger charge is 2.15. The van der Waals surface area contributed by atoms with Gasteiger partial charge in [-0.15, -0.1) is 11.3 Å². The Labute approximate surface area is 172 Å². The second kappa shape index (κ2) is 8.70. The van der Waals surface area contributed by atoms with Crippen LogP contribution in [-0.2, 0) is 4.79 Å². The lowest BCUT2D eigenvalue weighted by molar-refractivity contribution is -0.119. The van der Waals surface area contributed by atoms with E-state index in [0.717, 1.165) is 15.2 Å². The Hall–Kier alpha value is -2.45. The SMILES string of the molecule is CC(=O)NC(C)COc1cnc(Oc2ccc3nc(C(C)C)sc3c2Cl)cn1. The first kappa shape index (κ1) is 20.3. The molecule has 148 valence electrons. The molecular formula is C19H21ClN4O3S. The van der Waals surface area contributed by atoms with Gasteiger partial charge in [-0.05, 0) is 19.1 Å². The van der Waals surface area contributed by atoms with E-state index in [2.05, 4.69) is 34.1 Å². The number of rotatable bonds is 7. The quantitative estimate of drug-likeness (QED) is 0.603. The Morgan fingerprint density at radius 2 is 1.93 bits per heavy atom. The number of benzene rings is 1. The van der Waals surface area contributed by atoms with Crippen LogP contribution in [0.5, 0.6) is 17.5 Å². The number of nitrogens with zero attached hydrogens (tertiary/aromatic N) is 3. The van der Waals surface area contributed by atoms with Crippen molar-refractivity contribution in [2.24, 2.45) is 0 Å². The van der Waals surface area contributed by atoms with Crippen LogP contribution in [0.1, 0.15) is 38.6 Å². The lowest BCUT2D eigenvalue weighted by atomic mass is 10.2. The van der Waals surface area contributed by atoms with Crippen LogP contribution in [0, 0.1) is 0 Å². The van der Waals surface area contributed by atoms with E-state index in [1.165, 1.54) is 19.3 Å². The third-order valence-electron chi connectivity index (χ3n) is 3.72. The average molecular weight is 421 g/mol. The van der Waals surface area contributed by atoms with Crippen LogP contribution in [0.25, 0.3) is 10.2 Å². The summed E-state index contributed by atoms with van der Waals surface area (Å²) in [4.78, 5) is 24.0. The van der Waals surface area contributed by atoms with E-state index in [9.17, 15) is 4.79 Å². The first-order valence-corrected chi connectivity index (χ1v) is 10.0. The molecule has 0 aliphatic carbocycles. The number of aromatic nitrogens is 3. The number of thiazole rings is 1. The molecule has 0 aliphatic heterocycles. The van der Waals surface area contributed by atoms with Crippen LogP contribution in [0.3, 0.4) is 0 Å². The first-order valence-electron chi connectivity index (χ1n) is 8.82. The Kier molecular flexibility index (Phi) is 6.31. The lowest BCUT2D eigenvalue weighted by Gasteiger charge is -2.13. The monoisotopic (exact) mass is 420 g/mol. The van der Waals surface area contributed by atoms with Crippen LogP contribution >= 0.6 is 22.9 Å². The molecule has 1 aromatic carbocycles. The fourth-order valence-electron chi connectivity index (χ4n) is 2.43. The summed E-state index contributed by atoms with van der Waals surface area (Å²) in [5, 5.41) is 4.27. The van der Waals surface area contributed by atoms with E-state index in [-0.39, 0.29) is 11.9 Å². The summed E-state index contributed by atoms with van der Waals surface area (Å²) in [6, 6.07) is 3.53. The predicted molar refractivity (Wildman–Crippen MR) is 110 cm³/mol. The number of nitrogens with one attached hydrogen (secondary N) is 1. The molecular weight excluding hydrogens is 400 g/mol. The van der Waals surface area contributed by atoms with Crippen molar-refractivity contribution in [3.05, 3.63) is 34.6 Å².